The Morgan fingerprint density at radius 2 is 2.19 bits per heavy atom. The number of hydrogen-bond donors (Lipinski definition) is 2. The van der Waals surface area contributed by atoms with Gasteiger partial charge in [-0.2, -0.15) is 5.26 Å². The maximum Gasteiger partial charge on any atom is 0.408 e. The van der Waals surface area contributed by atoms with Crippen LogP contribution in [0.15, 0.2) is 0 Å². The van der Waals surface area contributed by atoms with Gasteiger partial charge in [0.05, 0.1) is 7.44 Å². The van der Waals surface area contributed by atoms with Gasteiger partial charge in [0.1, 0.15) is 11.6 Å². The van der Waals surface area contributed by atoms with Crippen LogP contribution in [0.25, 0.3) is 0 Å². The molecule has 0 rings (SSSR count). The zero-order valence-electron chi connectivity index (χ0n) is 10.5. The lowest BCUT2D eigenvalue weighted by Crippen LogP contribution is -2.43. The molecule has 6 nitrogen and oxygen atoms in total. The third-order valence-corrected chi connectivity index (χ3v) is 1.40. The van der Waals surface area contributed by atoms with E-state index in [1.807, 2.05) is 5.32 Å². The second-order valence-electron chi connectivity index (χ2n) is 4.07. The summed E-state index contributed by atoms with van der Waals surface area (Å²) in [5.41, 5.74) is -0.779. The van der Waals surface area contributed by atoms with E-state index >= 15 is 0 Å². The van der Waals surface area contributed by atoms with E-state index in [4.69, 9.17) is 16.5 Å². The first kappa shape index (κ1) is 12.3. The van der Waals surface area contributed by atoms with Gasteiger partial charge >= 0.3 is 12.1 Å². The van der Waals surface area contributed by atoms with Crippen molar-refractivity contribution in [3.8, 4) is 6.07 Å². The molecule has 0 aliphatic rings. The smallest absolute Gasteiger partial charge is 0.408 e. The molecule has 0 spiro atoms. The highest BCUT2D eigenvalue weighted by Gasteiger charge is 2.23. The standard InChI is InChI=1S/C10H16N2O4/c1-10(2,3)16-9(15)12-7(8(13)14)5-4-6-11/h7H,4-5H2,1-3H3,(H,12,15)(H,13,14)/t7-/m0/s1/i7D. The third-order valence-electron chi connectivity index (χ3n) is 1.40. The maximum atomic E-state index is 11.3. The summed E-state index contributed by atoms with van der Waals surface area (Å²) in [6.07, 6.45) is -1.45. The number of aliphatic carboxylic acids is 1. The van der Waals surface area contributed by atoms with Crippen LogP contribution in [0.3, 0.4) is 0 Å². The average Bonchev–Trinajstić information content (AvgIpc) is 2.11. The molecule has 16 heavy (non-hydrogen) atoms. The number of alkyl carbamates (subject to hydrolysis) is 1. The number of ether oxygens (including phenoxy) is 1. The largest absolute Gasteiger partial charge is 0.480 e. The Balaban J connectivity index is 4.61. The van der Waals surface area contributed by atoms with E-state index in [9.17, 15) is 9.59 Å². The lowest BCUT2D eigenvalue weighted by molar-refractivity contribution is -0.139. The van der Waals surface area contributed by atoms with Crippen LogP contribution in [0.1, 0.15) is 35.0 Å². The average molecular weight is 229 g/mol. The predicted molar refractivity (Wildman–Crippen MR) is 55.6 cm³/mol. The summed E-state index contributed by atoms with van der Waals surface area (Å²) >= 11 is 0. The summed E-state index contributed by atoms with van der Waals surface area (Å²) < 4.78 is 12.4. The molecule has 0 fully saturated rings. The van der Waals surface area contributed by atoms with E-state index in [1.54, 1.807) is 26.8 Å². The van der Waals surface area contributed by atoms with Gasteiger partial charge in [-0.15, -0.1) is 0 Å². The SMILES string of the molecule is [2H][C@@](CCC#N)(NC(=O)OC(C)(C)C)C(=O)O. The minimum Gasteiger partial charge on any atom is -0.480 e. The first-order valence-corrected chi connectivity index (χ1v) is 4.72. The molecule has 0 aromatic carbocycles. The number of nitrogens with zero attached hydrogens (tertiary/aromatic N) is 1. The van der Waals surface area contributed by atoms with E-state index in [0.717, 1.165) is 0 Å². The summed E-state index contributed by atoms with van der Waals surface area (Å²) in [5.74, 6) is -1.53. The van der Waals surface area contributed by atoms with Crippen molar-refractivity contribution in [2.45, 2.75) is 45.2 Å². The fourth-order valence-electron chi connectivity index (χ4n) is 0.831. The zero-order chi connectivity index (χ0) is 13.7. The number of nitriles is 1. The Morgan fingerprint density at radius 3 is 2.56 bits per heavy atom. The van der Waals surface area contributed by atoms with Crippen LogP contribution >= 0.6 is 0 Å². The molecule has 6 heteroatoms. The summed E-state index contributed by atoms with van der Waals surface area (Å²) in [6, 6.07) is -0.514. The van der Waals surface area contributed by atoms with Crippen LogP contribution in [0.5, 0.6) is 0 Å². The van der Waals surface area contributed by atoms with E-state index in [1.165, 1.54) is 0 Å². The van der Waals surface area contributed by atoms with Gasteiger partial charge in [0.2, 0.25) is 0 Å². The number of rotatable bonds is 4. The number of amides is 1. The Bertz CT molecular complexity index is 345. The van der Waals surface area contributed by atoms with Crippen molar-refractivity contribution < 1.29 is 20.8 Å². The minimum atomic E-state index is -2.24. The maximum absolute atomic E-state index is 11.3. The summed E-state index contributed by atoms with van der Waals surface area (Å²) in [4.78, 5) is 22.2. The van der Waals surface area contributed by atoms with Crippen LogP contribution in [0.2, 0.25) is 0 Å². The molecule has 0 aliphatic carbocycles. The molecule has 90 valence electrons. The quantitative estimate of drug-likeness (QED) is 0.756. The van der Waals surface area contributed by atoms with Gasteiger partial charge in [-0.05, 0) is 27.2 Å². The first-order valence-electron chi connectivity index (χ1n) is 5.22. The molecule has 1 atom stereocenters. The Kier molecular flexibility index (Phi) is 4.58. The monoisotopic (exact) mass is 229 g/mol. The molecule has 0 saturated carbocycles. The highest BCUT2D eigenvalue weighted by molar-refractivity contribution is 5.79. The van der Waals surface area contributed by atoms with Crippen molar-refractivity contribution in [1.82, 2.24) is 5.32 Å². The van der Waals surface area contributed by atoms with Crippen molar-refractivity contribution >= 4 is 12.1 Å². The zero-order valence-corrected chi connectivity index (χ0v) is 9.53. The molecular weight excluding hydrogens is 212 g/mol. The van der Waals surface area contributed by atoms with E-state index in [-0.39, 0.29) is 12.8 Å². The molecule has 0 unspecified atom stereocenters. The number of nitrogens with one attached hydrogen (secondary N) is 1. The van der Waals surface area contributed by atoms with E-state index in [0.29, 0.717) is 0 Å². The predicted octanol–water partition coefficient (Wildman–Crippen LogP) is 1.27. The van der Waals surface area contributed by atoms with Crippen LogP contribution in [0, 0.1) is 11.3 Å². The highest BCUT2D eigenvalue weighted by atomic mass is 16.6. The van der Waals surface area contributed by atoms with Crippen LogP contribution in [-0.4, -0.2) is 28.8 Å². The lowest BCUT2D eigenvalue weighted by atomic mass is 10.1. The van der Waals surface area contributed by atoms with Gasteiger partial charge in [0.15, 0.2) is 0 Å². The van der Waals surface area contributed by atoms with Gasteiger partial charge in [-0.25, -0.2) is 9.59 Å². The number of carbonyl (C=O) groups excluding carboxylic acids is 1. The van der Waals surface area contributed by atoms with Crippen LogP contribution in [-0.2, 0) is 9.53 Å². The van der Waals surface area contributed by atoms with Crippen molar-refractivity contribution in [2.75, 3.05) is 0 Å². The molecule has 2 N–H and O–H groups in total. The van der Waals surface area contributed by atoms with Crippen molar-refractivity contribution in [2.24, 2.45) is 0 Å². The highest BCUT2D eigenvalue weighted by Crippen LogP contribution is 2.07. The van der Waals surface area contributed by atoms with Gasteiger partial charge < -0.3 is 15.2 Å². The molecule has 0 bridgehead atoms. The van der Waals surface area contributed by atoms with E-state index < -0.39 is 23.7 Å². The molecule has 0 heterocycles. The summed E-state index contributed by atoms with van der Waals surface area (Å²) in [6.45, 7) is 4.86. The summed E-state index contributed by atoms with van der Waals surface area (Å²) in [7, 11) is 0. The fraction of sp³-hybridized carbons (Fsp3) is 0.700. The molecular formula is C10H16N2O4. The van der Waals surface area contributed by atoms with E-state index in [2.05, 4.69) is 0 Å². The second-order valence-corrected chi connectivity index (χ2v) is 4.07. The summed E-state index contributed by atoms with van der Waals surface area (Å²) in [5, 5.41) is 19.1. The molecule has 0 radical (unpaired) electrons. The first-order chi connectivity index (χ1) is 7.60. The molecule has 0 saturated heterocycles. The Labute approximate surface area is 95.6 Å². The third kappa shape index (κ3) is 6.65. The number of carboxylic acids is 1. The van der Waals surface area contributed by atoms with Crippen LogP contribution in [0.4, 0.5) is 4.79 Å². The Morgan fingerprint density at radius 1 is 1.62 bits per heavy atom. The molecule has 0 aliphatic heterocycles. The van der Waals surface area contributed by atoms with Crippen molar-refractivity contribution in [1.29, 1.82) is 5.26 Å². The van der Waals surface area contributed by atoms with Gasteiger partial charge in [-0.1, -0.05) is 0 Å². The molecule has 1 amide bonds. The van der Waals surface area contributed by atoms with Crippen molar-refractivity contribution in [3.05, 3.63) is 0 Å². The lowest BCUT2D eigenvalue weighted by Gasteiger charge is -2.21. The second kappa shape index (κ2) is 5.95. The molecule has 0 aromatic heterocycles. The normalized spacial score (nSPS) is 15.2. The fourth-order valence-corrected chi connectivity index (χ4v) is 0.831. The topological polar surface area (TPSA) is 99.4 Å². The van der Waals surface area contributed by atoms with Gasteiger partial charge in [0.25, 0.3) is 0 Å². The minimum absolute atomic E-state index is 0.147. The van der Waals surface area contributed by atoms with Gasteiger partial charge in [-0.3, -0.25) is 0 Å². The van der Waals surface area contributed by atoms with Crippen molar-refractivity contribution in [3.63, 3.8) is 0 Å². The molecule has 0 aromatic rings. The number of carboxylic acid groups (broad SMARTS) is 1. The van der Waals surface area contributed by atoms with Gasteiger partial charge in [0, 0.05) is 6.42 Å². The number of carbonyl (C=O) groups is 2. The Hall–Kier alpha value is -1.77. The number of hydrogen-bond acceptors (Lipinski definition) is 4. The van der Waals surface area contributed by atoms with Crippen LogP contribution < -0.4 is 5.32 Å².